The van der Waals surface area contributed by atoms with Crippen LogP contribution in [0.1, 0.15) is 38.3 Å². The Hall–Kier alpha value is -1.92. The van der Waals surface area contributed by atoms with Crippen molar-refractivity contribution in [1.29, 1.82) is 0 Å². The molecule has 0 saturated carbocycles. The minimum absolute atomic E-state index is 0.102. The molecule has 0 aliphatic rings. The van der Waals surface area contributed by atoms with Gasteiger partial charge in [0.05, 0.1) is 22.1 Å². The summed E-state index contributed by atoms with van der Waals surface area (Å²) in [7, 11) is 0. The van der Waals surface area contributed by atoms with Crippen molar-refractivity contribution in [2.75, 3.05) is 6.54 Å². The van der Waals surface area contributed by atoms with E-state index in [4.69, 9.17) is 16.7 Å². The third-order valence-corrected chi connectivity index (χ3v) is 4.40. The van der Waals surface area contributed by atoms with Crippen molar-refractivity contribution in [2.24, 2.45) is 0 Å². The summed E-state index contributed by atoms with van der Waals surface area (Å²) < 4.78 is 0.679. The first kappa shape index (κ1) is 16.5. The maximum absolute atomic E-state index is 12.5. The summed E-state index contributed by atoms with van der Waals surface area (Å²) in [5.74, 6) is -1.28. The first-order valence-corrected chi connectivity index (χ1v) is 7.86. The molecule has 0 fully saturated rings. The summed E-state index contributed by atoms with van der Waals surface area (Å²) in [5.41, 5.74) is 0.671. The maximum atomic E-state index is 12.5. The Bertz CT molecular complexity index is 715. The second-order valence-electron chi connectivity index (χ2n) is 4.66. The lowest BCUT2D eigenvalue weighted by Crippen LogP contribution is -2.31. The van der Waals surface area contributed by atoms with Gasteiger partial charge in [0.2, 0.25) is 0 Å². The molecule has 2 aromatic heterocycles. The second kappa shape index (κ2) is 6.89. The van der Waals surface area contributed by atoms with Crippen LogP contribution in [0.3, 0.4) is 0 Å². The van der Waals surface area contributed by atoms with Crippen LogP contribution in [0.5, 0.6) is 0 Å². The van der Waals surface area contributed by atoms with Gasteiger partial charge in [-0.15, -0.1) is 11.3 Å². The Labute approximate surface area is 137 Å². The largest absolute Gasteiger partial charge is 0.478 e. The summed E-state index contributed by atoms with van der Waals surface area (Å²) >= 11 is 7.33. The van der Waals surface area contributed by atoms with Gasteiger partial charge in [-0.2, -0.15) is 0 Å². The summed E-state index contributed by atoms with van der Waals surface area (Å²) in [6.07, 6.45) is 0. The van der Waals surface area contributed by atoms with Gasteiger partial charge in [0.15, 0.2) is 0 Å². The van der Waals surface area contributed by atoms with Crippen LogP contribution in [0, 0.1) is 6.92 Å². The number of amides is 1. The molecule has 116 valence electrons. The number of nitrogens with zero attached hydrogens (tertiary/aromatic N) is 2. The minimum atomic E-state index is -1.05. The van der Waals surface area contributed by atoms with Crippen molar-refractivity contribution >= 4 is 34.8 Å². The summed E-state index contributed by atoms with van der Waals surface area (Å²) in [5, 5.41) is 9.00. The second-order valence-corrected chi connectivity index (χ2v) is 6.46. The van der Waals surface area contributed by atoms with Crippen LogP contribution in [0.4, 0.5) is 0 Å². The third-order valence-electron chi connectivity index (χ3n) is 3.18. The highest BCUT2D eigenvalue weighted by Crippen LogP contribution is 2.23. The molecule has 0 unspecified atom stereocenters. The van der Waals surface area contributed by atoms with Gasteiger partial charge in [-0.25, -0.2) is 9.78 Å². The topological polar surface area (TPSA) is 70.5 Å². The van der Waals surface area contributed by atoms with Gasteiger partial charge in [-0.3, -0.25) is 4.79 Å². The number of hydrogen-bond donors (Lipinski definition) is 1. The maximum Gasteiger partial charge on any atom is 0.337 e. The predicted octanol–water partition coefficient (Wildman–Crippen LogP) is 3.47. The van der Waals surface area contributed by atoms with Crippen molar-refractivity contribution in [3.05, 3.63) is 50.4 Å². The molecule has 7 heteroatoms. The van der Waals surface area contributed by atoms with Gasteiger partial charge in [0.25, 0.3) is 5.91 Å². The molecule has 0 atom stereocenters. The summed E-state index contributed by atoms with van der Waals surface area (Å²) in [4.78, 5) is 30.2. The van der Waals surface area contributed by atoms with Crippen molar-refractivity contribution in [2.45, 2.75) is 20.4 Å². The lowest BCUT2D eigenvalue weighted by atomic mass is 10.2. The molecule has 1 amide bonds. The molecule has 2 rings (SSSR count). The van der Waals surface area contributed by atoms with Crippen LogP contribution in [-0.4, -0.2) is 33.4 Å². The molecule has 0 aliphatic carbocycles. The number of carboxylic acid groups (broad SMARTS) is 1. The van der Waals surface area contributed by atoms with E-state index in [9.17, 15) is 9.59 Å². The van der Waals surface area contributed by atoms with E-state index in [2.05, 4.69) is 4.98 Å². The number of carbonyl (C=O) groups is 2. The molecule has 0 bridgehead atoms. The zero-order chi connectivity index (χ0) is 16.3. The van der Waals surface area contributed by atoms with E-state index in [0.717, 1.165) is 4.88 Å². The van der Waals surface area contributed by atoms with E-state index in [1.165, 1.54) is 23.5 Å². The highest BCUT2D eigenvalue weighted by molar-refractivity contribution is 7.16. The molecule has 5 nitrogen and oxygen atoms in total. The van der Waals surface area contributed by atoms with E-state index in [1.807, 2.05) is 13.0 Å². The van der Waals surface area contributed by atoms with Crippen LogP contribution in [0.25, 0.3) is 0 Å². The van der Waals surface area contributed by atoms with E-state index < -0.39 is 5.97 Å². The van der Waals surface area contributed by atoms with Crippen molar-refractivity contribution < 1.29 is 14.7 Å². The molecule has 0 spiro atoms. The molecular weight excluding hydrogens is 324 g/mol. The average Bonchev–Trinajstić information content (AvgIpc) is 2.88. The SMILES string of the molecule is CCN(Cc1ccc(Cl)s1)C(=O)c1ccc(C(=O)O)c(C)n1. The Morgan fingerprint density at radius 2 is 2.05 bits per heavy atom. The third kappa shape index (κ3) is 3.64. The van der Waals surface area contributed by atoms with Crippen LogP contribution in [0.2, 0.25) is 4.34 Å². The number of hydrogen-bond acceptors (Lipinski definition) is 4. The van der Waals surface area contributed by atoms with Crippen LogP contribution in [0.15, 0.2) is 24.3 Å². The van der Waals surface area contributed by atoms with E-state index in [-0.39, 0.29) is 17.2 Å². The fraction of sp³-hybridized carbons (Fsp3) is 0.267. The van der Waals surface area contributed by atoms with E-state index in [0.29, 0.717) is 23.1 Å². The molecule has 0 aliphatic heterocycles. The van der Waals surface area contributed by atoms with Gasteiger partial charge >= 0.3 is 5.97 Å². The van der Waals surface area contributed by atoms with Crippen molar-refractivity contribution in [3.8, 4) is 0 Å². The van der Waals surface area contributed by atoms with Gasteiger partial charge < -0.3 is 10.0 Å². The monoisotopic (exact) mass is 338 g/mol. The lowest BCUT2D eigenvalue weighted by molar-refractivity contribution is 0.0691. The highest BCUT2D eigenvalue weighted by atomic mass is 35.5. The van der Waals surface area contributed by atoms with Crippen molar-refractivity contribution in [1.82, 2.24) is 9.88 Å². The molecular formula is C15H15ClN2O3S. The van der Waals surface area contributed by atoms with Crippen LogP contribution in [-0.2, 0) is 6.54 Å². The van der Waals surface area contributed by atoms with E-state index >= 15 is 0 Å². The molecule has 0 radical (unpaired) electrons. The van der Waals surface area contributed by atoms with Gasteiger partial charge in [0, 0.05) is 11.4 Å². The molecule has 2 heterocycles. The number of aromatic carboxylic acids is 1. The first-order valence-electron chi connectivity index (χ1n) is 6.66. The highest BCUT2D eigenvalue weighted by Gasteiger charge is 2.18. The number of rotatable bonds is 5. The van der Waals surface area contributed by atoms with Crippen LogP contribution < -0.4 is 0 Å². The molecule has 0 aromatic carbocycles. The number of aromatic nitrogens is 1. The Morgan fingerprint density at radius 3 is 2.55 bits per heavy atom. The zero-order valence-corrected chi connectivity index (χ0v) is 13.7. The summed E-state index contributed by atoms with van der Waals surface area (Å²) in [6.45, 7) is 4.44. The number of aryl methyl sites for hydroxylation is 1. The normalized spacial score (nSPS) is 10.5. The fourth-order valence-corrected chi connectivity index (χ4v) is 3.12. The molecule has 22 heavy (non-hydrogen) atoms. The molecule has 2 aromatic rings. The zero-order valence-electron chi connectivity index (χ0n) is 12.2. The summed E-state index contributed by atoms with van der Waals surface area (Å²) in [6, 6.07) is 6.54. The van der Waals surface area contributed by atoms with Crippen LogP contribution >= 0.6 is 22.9 Å². The number of pyridine rings is 1. The number of carbonyl (C=O) groups excluding carboxylic acids is 1. The standard InChI is InChI=1S/C15H15ClN2O3S/c1-3-18(8-10-4-7-13(16)22-10)14(19)12-6-5-11(15(20)21)9(2)17-12/h4-7H,3,8H2,1-2H3,(H,20,21). The quantitative estimate of drug-likeness (QED) is 0.906. The Morgan fingerprint density at radius 1 is 1.32 bits per heavy atom. The number of halogens is 1. The first-order chi connectivity index (χ1) is 10.4. The predicted molar refractivity (Wildman–Crippen MR) is 85.7 cm³/mol. The average molecular weight is 339 g/mol. The molecule has 1 N–H and O–H groups in total. The fourth-order valence-electron chi connectivity index (χ4n) is 2.02. The van der Waals surface area contributed by atoms with Gasteiger partial charge in [-0.1, -0.05) is 11.6 Å². The number of thiophene rings is 1. The molecule has 0 saturated heterocycles. The minimum Gasteiger partial charge on any atom is -0.478 e. The van der Waals surface area contributed by atoms with Crippen molar-refractivity contribution in [3.63, 3.8) is 0 Å². The Kier molecular flexibility index (Phi) is 5.15. The smallest absolute Gasteiger partial charge is 0.337 e. The Balaban J connectivity index is 2.21. The lowest BCUT2D eigenvalue weighted by Gasteiger charge is -2.20. The van der Waals surface area contributed by atoms with Gasteiger partial charge in [-0.05, 0) is 38.1 Å². The van der Waals surface area contributed by atoms with Gasteiger partial charge in [0.1, 0.15) is 5.69 Å². The number of carboxylic acids is 1. The van der Waals surface area contributed by atoms with E-state index in [1.54, 1.807) is 17.9 Å².